The van der Waals surface area contributed by atoms with E-state index in [1.54, 1.807) is 7.11 Å². The third-order valence-electron chi connectivity index (χ3n) is 7.04. The molecular formula is C29H28BrNO4. The zero-order valence-electron chi connectivity index (χ0n) is 20.0. The topological polar surface area (TPSA) is 56.8 Å². The van der Waals surface area contributed by atoms with Gasteiger partial charge in [0, 0.05) is 11.6 Å². The van der Waals surface area contributed by atoms with Gasteiger partial charge in [0.25, 0.3) is 0 Å². The molecule has 0 amide bonds. The predicted molar refractivity (Wildman–Crippen MR) is 140 cm³/mol. The van der Waals surface area contributed by atoms with Crippen LogP contribution in [-0.4, -0.2) is 20.2 Å². The second-order valence-electron chi connectivity index (χ2n) is 8.98. The Labute approximate surface area is 214 Å². The van der Waals surface area contributed by atoms with Gasteiger partial charge < -0.3 is 19.5 Å². The fourth-order valence-electron chi connectivity index (χ4n) is 5.26. The highest BCUT2D eigenvalue weighted by molar-refractivity contribution is 9.10. The number of carbonyl (C=O) groups excluding carboxylic acids is 1. The number of hydrogen-bond acceptors (Lipinski definition) is 5. The minimum Gasteiger partial charge on any atom is -0.493 e. The van der Waals surface area contributed by atoms with Gasteiger partial charge in [0.05, 0.1) is 30.3 Å². The fourth-order valence-corrected chi connectivity index (χ4v) is 5.84. The Balaban J connectivity index is 1.50. The first-order valence-corrected chi connectivity index (χ1v) is 12.5. The van der Waals surface area contributed by atoms with Gasteiger partial charge in [-0.3, -0.25) is 0 Å². The summed E-state index contributed by atoms with van der Waals surface area (Å²) < 4.78 is 17.8. The van der Waals surface area contributed by atoms with Gasteiger partial charge in [0.15, 0.2) is 11.5 Å². The second kappa shape index (κ2) is 9.78. The molecule has 180 valence electrons. The first kappa shape index (κ1) is 23.5. The van der Waals surface area contributed by atoms with Crippen molar-refractivity contribution in [1.29, 1.82) is 0 Å². The van der Waals surface area contributed by atoms with Crippen molar-refractivity contribution in [2.75, 3.05) is 19.5 Å². The average molecular weight is 534 g/mol. The van der Waals surface area contributed by atoms with Crippen LogP contribution in [0.2, 0.25) is 0 Å². The summed E-state index contributed by atoms with van der Waals surface area (Å²) >= 11 is 3.73. The van der Waals surface area contributed by atoms with Crippen molar-refractivity contribution in [3.05, 3.63) is 99.0 Å². The molecule has 1 N–H and O–H groups in total. The van der Waals surface area contributed by atoms with Gasteiger partial charge in [0.1, 0.15) is 6.61 Å². The van der Waals surface area contributed by atoms with E-state index in [0.717, 1.165) is 33.3 Å². The lowest BCUT2D eigenvalue weighted by molar-refractivity contribution is 0.0600. The molecule has 0 unspecified atom stereocenters. The SMILES string of the molecule is COC(=O)c1ccc2c(c1C)N[C@H](c1cc(Br)c(OCc3ccccc3)c(OC)c1)[C@H]1CC=C[C@H]21. The highest BCUT2D eigenvalue weighted by Crippen LogP contribution is 2.52. The van der Waals surface area contributed by atoms with Crippen molar-refractivity contribution in [3.63, 3.8) is 0 Å². The van der Waals surface area contributed by atoms with Crippen LogP contribution in [-0.2, 0) is 11.3 Å². The van der Waals surface area contributed by atoms with Crippen LogP contribution in [0.15, 0.2) is 71.2 Å². The number of esters is 1. The van der Waals surface area contributed by atoms with E-state index in [9.17, 15) is 4.79 Å². The molecule has 3 aromatic carbocycles. The number of nitrogens with one attached hydrogen (secondary N) is 1. The zero-order valence-corrected chi connectivity index (χ0v) is 21.6. The minimum absolute atomic E-state index is 0.0440. The summed E-state index contributed by atoms with van der Waals surface area (Å²) in [5, 5.41) is 3.76. The Morgan fingerprint density at radius 1 is 1.11 bits per heavy atom. The van der Waals surface area contributed by atoms with E-state index in [4.69, 9.17) is 14.2 Å². The van der Waals surface area contributed by atoms with Crippen molar-refractivity contribution in [3.8, 4) is 11.5 Å². The molecule has 1 heterocycles. The maximum atomic E-state index is 12.3. The summed E-state index contributed by atoms with van der Waals surface area (Å²) in [5.74, 6) is 1.68. The van der Waals surface area contributed by atoms with Gasteiger partial charge in [-0.05, 0) is 75.6 Å². The fraction of sp³-hybridized carbons (Fsp3) is 0.276. The molecule has 0 saturated carbocycles. The van der Waals surface area contributed by atoms with Crippen LogP contribution >= 0.6 is 15.9 Å². The van der Waals surface area contributed by atoms with E-state index in [-0.39, 0.29) is 17.9 Å². The Bertz CT molecular complexity index is 1290. The highest BCUT2D eigenvalue weighted by Gasteiger charge is 2.39. The highest BCUT2D eigenvalue weighted by atomic mass is 79.9. The van der Waals surface area contributed by atoms with E-state index in [1.807, 2.05) is 43.3 Å². The molecule has 0 fully saturated rings. The summed E-state index contributed by atoms with van der Waals surface area (Å²) in [7, 11) is 3.08. The van der Waals surface area contributed by atoms with Gasteiger partial charge in [-0.1, -0.05) is 48.6 Å². The second-order valence-corrected chi connectivity index (χ2v) is 9.83. The molecular weight excluding hydrogens is 506 g/mol. The number of allylic oxidation sites excluding steroid dienone is 2. The number of anilines is 1. The molecule has 0 bridgehead atoms. The molecule has 35 heavy (non-hydrogen) atoms. The molecule has 3 atom stereocenters. The van der Waals surface area contributed by atoms with Crippen molar-refractivity contribution in [2.45, 2.75) is 31.9 Å². The van der Waals surface area contributed by atoms with E-state index in [2.05, 4.69) is 51.6 Å². The lowest BCUT2D eigenvalue weighted by Crippen LogP contribution is -2.30. The summed E-state index contributed by atoms with van der Waals surface area (Å²) in [6.07, 6.45) is 5.52. The minimum atomic E-state index is -0.322. The third kappa shape index (κ3) is 4.31. The number of hydrogen-bond donors (Lipinski definition) is 1. The van der Waals surface area contributed by atoms with Crippen LogP contribution in [0.4, 0.5) is 5.69 Å². The first-order chi connectivity index (χ1) is 17.0. The molecule has 1 aliphatic carbocycles. The Morgan fingerprint density at radius 2 is 1.91 bits per heavy atom. The number of rotatable bonds is 6. The molecule has 0 radical (unpaired) electrons. The van der Waals surface area contributed by atoms with Crippen LogP contribution in [0.1, 0.15) is 51.0 Å². The summed E-state index contributed by atoms with van der Waals surface area (Å²) in [6, 6.07) is 18.2. The summed E-state index contributed by atoms with van der Waals surface area (Å²) in [4.78, 5) is 12.3. The Hall–Kier alpha value is -3.25. The average Bonchev–Trinajstić information content (AvgIpc) is 3.38. The van der Waals surface area contributed by atoms with Crippen molar-refractivity contribution in [1.82, 2.24) is 0 Å². The number of halogens is 1. The van der Waals surface area contributed by atoms with Crippen molar-refractivity contribution >= 4 is 27.6 Å². The molecule has 0 aromatic heterocycles. The number of methoxy groups -OCH3 is 2. The maximum Gasteiger partial charge on any atom is 0.338 e. The molecule has 1 aliphatic heterocycles. The van der Waals surface area contributed by atoms with Crippen LogP contribution in [0.5, 0.6) is 11.5 Å². The zero-order chi connectivity index (χ0) is 24.5. The van der Waals surface area contributed by atoms with Crippen molar-refractivity contribution in [2.24, 2.45) is 5.92 Å². The molecule has 0 saturated heterocycles. The van der Waals surface area contributed by atoms with Crippen LogP contribution in [0, 0.1) is 12.8 Å². The van der Waals surface area contributed by atoms with Crippen LogP contribution < -0.4 is 14.8 Å². The van der Waals surface area contributed by atoms with Crippen molar-refractivity contribution < 1.29 is 19.0 Å². The molecule has 5 rings (SSSR count). The quantitative estimate of drug-likeness (QED) is 0.274. The normalized spacial score (nSPS) is 19.9. The van der Waals surface area contributed by atoms with Gasteiger partial charge >= 0.3 is 5.97 Å². The van der Waals surface area contributed by atoms with Gasteiger partial charge in [-0.2, -0.15) is 0 Å². The van der Waals surface area contributed by atoms with E-state index < -0.39 is 0 Å². The van der Waals surface area contributed by atoms with Gasteiger partial charge in [-0.15, -0.1) is 0 Å². The summed E-state index contributed by atoms with van der Waals surface area (Å²) in [5.41, 5.74) is 5.92. The monoisotopic (exact) mass is 533 g/mol. The molecule has 0 spiro atoms. The smallest absolute Gasteiger partial charge is 0.338 e. The number of carbonyl (C=O) groups is 1. The molecule has 5 nitrogen and oxygen atoms in total. The Morgan fingerprint density at radius 3 is 2.66 bits per heavy atom. The molecule has 3 aromatic rings. The maximum absolute atomic E-state index is 12.3. The third-order valence-corrected chi connectivity index (χ3v) is 7.63. The number of ether oxygens (including phenoxy) is 3. The largest absolute Gasteiger partial charge is 0.493 e. The van der Waals surface area contributed by atoms with Gasteiger partial charge in [0.2, 0.25) is 0 Å². The lowest BCUT2D eigenvalue weighted by atomic mass is 9.76. The molecule has 2 aliphatic rings. The van der Waals surface area contributed by atoms with Crippen LogP contribution in [0.3, 0.4) is 0 Å². The van der Waals surface area contributed by atoms with E-state index in [0.29, 0.717) is 29.6 Å². The van der Waals surface area contributed by atoms with E-state index in [1.165, 1.54) is 12.7 Å². The summed E-state index contributed by atoms with van der Waals surface area (Å²) in [6.45, 7) is 2.43. The Kier molecular flexibility index (Phi) is 6.56. The predicted octanol–water partition coefficient (Wildman–Crippen LogP) is 6.96. The lowest BCUT2D eigenvalue weighted by Gasteiger charge is -2.39. The number of fused-ring (bicyclic) bond motifs is 3. The number of benzene rings is 3. The van der Waals surface area contributed by atoms with E-state index >= 15 is 0 Å². The van der Waals surface area contributed by atoms with Crippen LogP contribution in [0.25, 0.3) is 0 Å². The van der Waals surface area contributed by atoms with Gasteiger partial charge in [-0.25, -0.2) is 4.79 Å². The molecule has 6 heteroatoms. The standard InChI is InChI=1S/C29H28BrNO4/c1-17-20(29(32)34-3)12-13-23-21-10-7-11-22(21)27(31-26(17)23)19-14-24(30)28(25(15-19)33-2)35-16-18-8-5-4-6-9-18/h4-10,12-15,21-22,27,31H,11,16H2,1-3H3/t21-,22-,27+/m0/s1. The first-order valence-electron chi connectivity index (χ1n) is 11.7.